The van der Waals surface area contributed by atoms with Crippen LogP contribution in [0.5, 0.6) is 0 Å². The van der Waals surface area contributed by atoms with E-state index < -0.39 is 0 Å². The third-order valence-corrected chi connectivity index (χ3v) is 6.06. The third kappa shape index (κ3) is 4.21. The lowest BCUT2D eigenvalue weighted by Gasteiger charge is -2.34. The zero-order valence-corrected chi connectivity index (χ0v) is 16.3. The number of hydrogen-bond donors (Lipinski definition) is 1. The zero-order chi connectivity index (χ0) is 18.8. The zero-order valence-electron chi connectivity index (χ0n) is 14.8. The minimum Gasteiger partial charge on any atom is -0.368 e. The van der Waals surface area contributed by atoms with Crippen molar-refractivity contribution in [3.05, 3.63) is 86.3 Å². The Kier molecular flexibility index (Phi) is 5.25. The molecule has 1 aliphatic heterocycles. The predicted octanol–water partition coefficient (Wildman–Crippen LogP) is 3.80. The smallest absolute Gasteiger partial charge is 0.235 e. The Morgan fingerprint density at radius 1 is 1.19 bits per heavy atom. The minimum absolute atomic E-state index is 0.277. The van der Waals surface area contributed by atoms with E-state index >= 15 is 0 Å². The third-order valence-electron chi connectivity index (χ3n) is 4.91. The molecule has 0 saturated carbocycles. The molecule has 1 amide bonds. The Morgan fingerprint density at radius 3 is 2.67 bits per heavy atom. The Bertz CT molecular complexity index is 954. The molecule has 6 heteroatoms. The summed E-state index contributed by atoms with van der Waals surface area (Å²) in [7, 11) is 0. The van der Waals surface area contributed by atoms with Gasteiger partial charge >= 0.3 is 0 Å². The summed E-state index contributed by atoms with van der Waals surface area (Å²) in [6.07, 6.45) is 1.44. The van der Waals surface area contributed by atoms with Gasteiger partial charge in [-0.15, -0.1) is 11.3 Å². The van der Waals surface area contributed by atoms with Crippen LogP contribution in [-0.4, -0.2) is 21.8 Å². The molecule has 1 atom stereocenters. The van der Waals surface area contributed by atoms with Crippen molar-refractivity contribution < 1.29 is 4.79 Å². The van der Waals surface area contributed by atoms with Crippen molar-refractivity contribution in [3.8, 4) is 0 Å². The highest BCUT2D eigenvalue weighted by Crippen LogP contribution is 2.26. The second kappa shape index (κ2) is 7.80. The number of fused-ring (bicyclic) bond motifs is 1. The van der Waals surface area contributed by atoms with Crippen LogP contribution in [0.3, 0.4) is 0 Å². The van der Waals surface area contributed by atoms with E-state index in [4.69, 9.17) is 22.3 Å². The highest BCUT2D eigenvalue weighted by Gasteiger charge is 2.30. The number of aromatic nitrogens is 1. The van der Waals surface area contributed by atoms with E-state index in [-0.39, 0.29) is 11.9 Å². The van der Waals surface area contributed by atoms with E-state index in [0.29, 0.717) is 19.5 Å². The van der Waals surface area contributed by atoms with Gasteiger partial charge in [0.15, 0.2) is 0 Å². The fourth-order valence-electron chi connectivity index (χ4n) is 3.51. The molecule has 0 aliphatic carbocycles. The van der Waals surface area contributed by atoms with E-state index in [0.717, 1.165) is 22.1 Å². The lowest BCUT2D eigenvalue weighted by Crippen LogP contribution is -2.48. The molecule has 4 rings (SSSR count). The molecule has 2 N–H and O–H groups in total. The van der Waals surface area contributed by atoms with Crippen molar-refractivity contribution in [2.24, 2.45) is 5.73 Å². The second-order valence-electron chi connectivity index (χ2n) is 6.83. The van der Waals surface area contributed by atoms with Gasteiger partial charge in [0, 0.05) is 29.9 Å². The van der Waals surface area contributed by atoms with Crippen molar-refractivity contribution >= 4 is 28.8 Å². The molecule has 0 bridgehead atoms. The second-order valence-corrected chi connectivity index (χ2v) is 8.21. The monoisotopic (exact) mass is 397 g/mol. The van der Waals surface area contributed by atoms with E-state index in [1.807, 2.05) is 36.4 Å². The van der Waals surface area contributed by atoms with Gasteiger partial charge < -0.3 is 5.73 Å². The SMILES string of the molecule is NC(=O)C1Cc2ccccc2CN1Cc1csc(Cc2ccc(Cl)cc2)n1. The molecule has 2 aromatic carbocycles. The Hall–Kier alpha value is -2.21. The molecular weight excluding hydrogens is 378 g/mol. The maximum absolute atomic E-state index is 12.0. The first-order valence-corrected chi connectivity index (χ1v) is 10.1. The number of nitrogens with zero attached hydrogens (tertiary/aromatic N) is 2. The van der Waals surface area contributed by atoms with Crippen molar-refractivity contribution in [2.45, 2.75) is 32.0 Å². The Labute approximate surface area is 167 Å². The highest BCUT2D eigenvalue weighted by molar-refractivity contribution is 7.09. The number of rotatable bonds is 5. The fraction of sp³-hybridized carbons (Fsp3) is 0.238. The van der Waals surface area contributed by atoms with Gasteiger partial charge in [0.1, 0.15) is 0 Å². The lowest BCUT2D eigenvalue weighted by atomic mass is 9.93. The minimum atomic E-state index is -0.290. The molecule has 0 fully saturated rings. The van der Waals surface area contributed by atoms with E-state index in [2.05, 4.69) is 22.4 Å². The van der Waals surface area contributed by atoms with Gasteiger partial charge in [-0.05, 0) is 35.2 Å². The van der Waals surface area contributed by atoms with Crippen LogP contribution < -0.4 is 5.73 Å². The number of nitrogens with two attached hydrogens (primary N) is 1. The molecule has 2 heterocycles. The number of thiazole rings is 1. The largest absolute Gasteiger partial charge is 0.368 e. The molecule has 1 aliphatic rings. The van der Waals surface area contributed by atoms with Crippen molar-refractivity contribution in [2.75, 3.05) is 0 Å². The number of carbonyl (C=O) groups excluding carboxylic acids is 1. The van der Waals surface area contributed by atoms with Gasteiger partial charge in [0.2, 0.25) is 5.91 Å². The topological polar surface area (TPSA) is 59.2 Å². The summed E-state index contributed by atoms with van der Waals surface area (Å²) in [5.74, 6) is -0.277. The summed E-state index contributed by atoms with van der Waals surface area (Å²) < 4.78 is 0. The molecule has 0 spiro atoms. The van der Waals surface area contributed by atoms with Crippen LogP contribution in [0.25, 0.3) is 0 Å². The number of amides is 1. The van der Waals surface area contributed by atoms with Crippen LogP contribution >= 0.6 is 22.9 Å². The molecule has 1 unspecified atom stereocenters. The van der Waals surface area contributed by atoms with E-state index in [1.165, 1.54) is 16.7 Å². The van der Waals surface area contributed by atoms with Crippen LogP contribution in [-0.2, 0) is 30.7 Å². The number of benzene rings is 2. The molecule has 3 aromatic rings. The van der Waals surface area contributed by atoms with Crippen molar-refractivity contribution in [1.82, 2.24) is 9.88 Å². The first kappa shape index (κ1) is 18.2. The molecular formula is C21H20ClN3OS. The first-order valence-electron chi connectivity index (χ1n) is 8.86. The van der Waals surface area contributed by atoms with Crippen LogP contribution in [0.2, 0.25) is 5.02 Å². The van der Waals surface area contributed by atoms with Gasteiger partial charge in [0.25, 0.3) is 0 Å². The van der Waals surface area contributed by atoms with Crippen LogP contribution in [0.15, 0.2) is 53.9 Å². The number of carbonyl (C=O) groups is 1. The molecule has 0 radical (unpaired) electrons. The van der Waals surface area contributed by atoms with Crippen LogP contribution in [0.1, 0.15) is 27.4 Å². The summed E-state index contributed by atoms with van der Waals surface area (Å²) in [5.41, 5.74) is 10.3. The average molecular weight is 398 g/mol. The van der Waals surface area contributed by atoms with Gasteiger partial charge in [-0.2, -0.15) is 0 Å². The maximum Gasteiger partial charge on any atom is 0.235 e. The summed E-state index contributed by atoms with van der Waals surface area (Å²) in [6.45, 7) is 1.34. The lowest BCUT2D eigenvalue weighted by molar-refractivity contribution is -0.124. The summed E-state index contributed by atoms with van der Waals surface area (Å²) in [5, 5.41) is 3.87. The van der Waals surface area contributed by atoms with Gasteiger partial charge in [-0.3, -0.25) is 9.69 Å². The Balaban J connectivity index is 1.49. The summed E-state index contributed by atoms with van der Waals surface area (Å²) >= 11 is 7.59. The molecule has 1 aromatic heterocycles. The first-order chi connectivity index (χ1) is 13.1. The van der Waals surface area contributed by atoms with Gasteiger partial charge in [0.05, 0.1) is 16.7 Å². The van der Waals surface area contributed by atoms with Crippen LogP contribution in [0, 0.1) is 0 Å². The number of hydrogen-bond acceptors (Lipinski definition) is 4. The van der Waals surface area contributed by atoms with Gasteiger partial charge in [-0.25, -0.2) is 4.98 Å². The summed E-state index contributed by atoms with van der Waals surface area (Å²) in [6, 6.07) is 15.8. The number of halogens is 1. The maximum atomic E-state index is 12.0. The average Bonchev–Trinajstić information content (AvgIpc) is 3.10. The molecule has 4 nitrogen and oxygen atoms in total. The van der Waals surface area contributed by atoms with Crippen molar-refractivity contribution in [1.29, 1.82) is 0 Å². The van der Waals surface area contributed by atoms with Gasteiger partial charge in [-0.1, -0.05) is 48.0 Å². The quantitative estimate of drug-likeness (QED) is 0.712. The highest BCUT2D eigenvalue weighted by atomic mass is 35.5. The fourth-order valence-corrected chi connectivity index (χ4v) is 4.46. The standard InChI is InChI=1S/C21H20ClN3OS/c22-17-7-5-14(6-8-17)9-20-24-18(13-27-20)12-25-11-16-4-2-1-3-15(16)10-19(25)21(23)26/h1-8,13,19H,9-12H2,(H2,23,26). The molecule has 0 saturated heterocycles. The van der Waals surface area contributed by atoms with Crippen LogP contribution in [0.4, 0.5) is 0 Å². The number of primary amides is 1. The van der Waals surface area contributed by atoms with E-state index in [9.17, 15) is 4.79 Å². The predicted molar refractivity (Wildman–Crippen MR) is 109 cm³/mol. The molecule has 27 heavy (non-hydrogen) atoms. The Morgan fingerprint density at radius 2 is 1.93 bits per heavy atom. The summed E-state index contributed by atoms with van der Waals surface area (Å²) in [4.78, 5) is 18.9. The normalized spacial score (nSPS) is 16.9. The van der Waals surface area contributed by atoms with Crippen molar-refractivity contribution in [3.63, 3.8) is 0 Å². The van der Waals surface area contributed by atoms with E-state index in [1.54, 1.807) is 11.3 Å². The molecule has 138 valence electrons.